The van der Waals surface area contributed by atoms with Gasteiger partial charge in [-0.1, -0.05) is 17.7 Å². The molecular formula is C18H15ClFN5O2. The standard InChI is InChI=1S/C18H15ClFN5O2/c1-27-14-6-5-12(20)7-10(14)9-22-17-15(16(21)26)18(25-24-17)23-13-4-2-3-11(19)8-13/h2-9H,1H3,(H2,21,26)(H2,23,24,25). The molecule has 0 aliphatic carbocycles. The fourth-order valence-electron chi connectivity index (χ4n) is 2.40. The number of halogens is 2. The number of amides is 1. The Kier molecular flexibility index (Phi) is 5.37. The Balaban J connectivity index is 1.94. The summed E-state index contributed by atoms with van der Waals surface area (Å²) in [7, 11) is 1.46. The van der Waals surface area contributed by atoms with E-state index in [2.05, 4.69) is 20.5 Å². The smallest absolute Gasteiger partial charge is 0.256 e. The second kappa shape index (κ2) is 7.88. The molecule has 3 aromatic rings. The average Bonchev–Trinajstić information content (AvgIpc) is 3.03. The van der Waals surface area contributed by atoms with Crippen molar-refractivity contribution < 1.29 is 13.9 Å². The zero-order chi connectivity index (χ0) is 19.4. The summed E-state index contributed by atoms with van der Waals surface area (Å²) in [5, 5.41) is 10.2. The molecular weight excluding hydrogens is 373 g/mol. The third kappa shape index (κ3) is 4.24. The van der Waals surface area contributed by atoms with E-state index in [-0.39, 0.29) is 17.2 Å². The number of carbonyl (C=O) groups is 1. The molecule has 3 rings (SSSR count). The lowest BCUT2D eigenvalue weighted by Gasteiger charge is -2.06. The summed E-state index contributed by atoms with van der Waals surface area (Å²) in [4.78, 5) is 16.0. The van der Waals surface area contributed by atoms with E-state index < -0.39 is 11.7 Å². The van der Waals surface area contributed by atoms with Crippen molar-refractivity contribution in [3.63, 3.8) is 0 Å². The maximum absolute atomic E-state index is 13.5. The minimum absolute atomic E-state index is 0.0540. The quantitative estimate of drug-likeness (QED) is 0.559. The van der Waals surface area contributed by atoms with Crippen molar-refractivity contribution in [1.29, 1.82) is 0 Å². The zero-order valence-corrected chi connectivity index (χ0v) is 14.9. The molecule has 0 saturated heterocycles. The number of nitrogens with two attached hydrogens (primary N) is 1. The number of nitrogens with one attached hydrogen (secondary N) is 2. The molecule has 0 atom stereocenters. The van der Waals surface area contributed by atoms with Gasteiger partial charge in [0.1, 0.15) is 22.9 Å². The maximum Gasteiger partial charge on any atom is 0.256 e. The molecule has 0 saturated carbocycles. The van der Waals surface area contributed by atoms with Gasteiger partial charge in [0.25, 0.3) is 5.91 Å². The zero-order valence-electron chi connectivity index (χ0n) is 14.2. The second-order valence-corrected chi connectivity index (χ2v) is 5.88. The molecule has 27 heavy (non-hydrogen) atoms. The molecule has 4 N–H and O–H groups in total. The van der Waals surface area contributed by atoms with E-state index in [1.54, 1.807) is 24.3 Å². The molecule has 1 heterocycles. The summed E-state index contributed by atoms with van der Waals surface area (Å²) >= 11 is 5.95. The third-order valence-electron chi connectivity index (χ3n) is 3.61. The lowest BCUT2D eigenvalue weighted by Crippen LogP contribution is -2.12. The highest BCUT2D eigenvalue weighted by Gasteiger charge is 2.18. The van der Waals surface area contributed by atoms with Crippen LogP contribution in [-0.4, -0.2) is 29.4 Å². The largest absolute Gasteiger partial charge is 0.496 e. The van der Waals surface area contributed by atoms with Gasteiger partial charge in [-0.15, -0.1) is 0 Å². The van der Waals surface area contributed by atoms with Gasteiger partial charge < -0.3 is 15.8 Å². The Morgan fingerprint density at radius 1 is 1.37 bits per heavy atom. The lowest BCUT2D eigenvalue weighted by molar-refractivity contribution is 0.100. The van der Waals surface area contributed by atoms with Crippen molar-refractivity contribution in [2.24, 2.45) is 10.7 Å². The molecule has 0 aliphatic heterocycles. The Labute approximate surface area is 159 Å². The molecule has 0 radical (unpaired) electrons. The van der Waals surface area contributed by atoms with Crippen LogP contribution < -0.4 is 15.8 Å². The Morgan fingerprint density at radius 3 is 2.89 bits per heavy atom. The predicted molar refractivity (Wildman–Crippen MR) is 102 cm³/mol. The van der Waals surface area contributed by atoms with Crippen molar-refractivity contribution in [1.82, 2.24) is 10.2 Å². The Hall–Kier alpha value is -3.39. The molecule has 9 heteroatoms. The van der Waals surface area contributed by atoms with Gasteiger partial charge >= 0.3 is 0 Å². The molecule has 138 valence electrons. The monoisotopic (exact) mass is 387 g/mol. The lowest BCUT2D eigenvalue weighted by atomic mass is 10.2. The fourth-order valence-corrected chi connectivity index (χ4v) is 2.59. The highest BCUT2D eigenvalue weighted by molar-refractivity contribution is 6.30. The van der Waals surface area contributed by atoms with E-state index >= 15 is 0 Å². The van der Waals surface area contributed by atoms with Gasteiger partial charge in [0, 0.05) is 22.5 Å². The van der Waals surface area contributed by atoms with E-state index in [0.29, 0.717) is 22.0 Å². The average molecular weight is 388 g/mol. The van der Waals surface area contributed by atoms with Crippen LogP contribution >= 0.6 is 11.6 Å². The normalized spacial score (nSPS) is 10.9. The summed E-state index contributed by atoms with van der Waals surface area (Å²) in [6, 6.07) is 10.9. The van der Waals surface area contributed by atoms with Gasteiger partial charge in [-0.05, 0) is 36.4 Å². The van der Waals surface area contributed by atoms with E-state index in [0.717, 1.165) is 0 Å². The highest BCUT2D eigenvalue weighted by Crippen LogP contribution is 2.27. The van der Waals surface area contributed by atoms with Crippen LogP contribution in [0.1, 0.15) is 15.9 Å². The Bertz CT molecular complexity index is 1020. The fraction of sp³-hybridized carbons (Fsp3) is 0.0556. The van der Waals surface area contributed by atoms with Gasteiger partial charge in [-0.2, -0.15) is 5.10 Å². The first-order chi connectivity index (χ1) is 13.0. The predicted octanol–water partition coefficient (Wildman–Crippen LogP) is 3.80. The van der Waals surface area contributed by atoms with Gasteiger partial charge in [-0.3, -0.25) is 9.89 Å². The number of benzene rings is 2. The molecule has 0 spiro atoms. The van der Waals surface area contributed by atoms with Crippen LogP contribution in [0.3, 0.4) is 0 Å². The number of hydrogen-bond donors (Lipinski definition) is 3. The van der Waals surface area contributed by atoms with Crippen LogP contribution in [0.2, 0.25) is 5.02 Å². The summed E-state index contributed by atoms with van der Waals surface area (Å²) in [5.41, 5.74) is 6.55. The van der Waals surface area contributed by atoms with Gasteiger partial charge in [-0.25, -0.2) is 9.38 Å². The molecule has 0 fully saturated rings. The summed E-state index contributed by atoms with van der Waals surface area (Å²) in [5.74, 6) is -0.431. The van der Waals surface area contributed by atoms with Crippen LogP contribution in [0.5, 0.6) is 5.75 Å². The number of rotatable bonds is 6. The van der Waals surface area contributed by atoms with Crippen molar-refractivity contribution in [2.45, 2.75) is 0 Å². The van der Waals surface area contributed by atoms with Crippen LogP contribution in [0.15, 0.2) is 47.5 Å². The van der Waals surface area contributed by atoms with Crippen LogP contribution in [-0.2, 0) is 0 Å². The number of methoxy groups -OCH3 is 1. The number of primary amides is 1. The van der Waals surface area contributed by atoms with Crippen molar-refractivity contribution in [2.75, 3.05) is 12.4 Å². The second-order valence-electron chi connectivity index (χ2n) is 5.44. The summed E-state index contributed by atoms with van der Waals surface area (Å²) in [6.07, 6.45) is 1.34. The number of H-pyrrole nitrogens is 1. The number of aliphatic imine (C=N–C) groups is 1. The summed E-state index contributed by atoms with van der Waals surface area (Å²) < 4.78 is 18.6. The third-order valence-corrected chi connectivity index (χ3v) is 3.84. The molecule has 1 amide bonds. The first-order valence-corrected chi connectivity index (χ1v) is 8.14. The number of aromatic nitrogens is 2. The number of aromatic amines is 1. The summed E-state index contributed by atoms with van der Waals surface area (Å²) in [6.45, 7) is 0. The SMILES string of the molecule is COc1ccc(F)cc1C=Nc1n[nH]c(Nc2cccc(Cl)c2)c1C(N)=O. The van der Waals surface area contributed by atoms with Crippen LogP contribution in [0.25, 0.3) is 0 Å². The first kappa shape index (κ1) is 18.4. The van der Waals surface area contributed by atoms with Crippen LogP contribution in [0.4, 0.5) is 21.7 Å². The number of hydrogen-bond acceptors (Lipinski definition) is 5. The number of carbonyl (C=O) groups excluding carboxylic acids is 1. The molecule has 7 nitrogen and oxygen atoms in total. The number of ether oxygens (including phenoxy) is 1. The van der Waals surface area contributed by atoms with Gasteiger partial charge in [0.2, 0.25) is 0 Å². The Morgan fingerprint density at radius 2 is 2.19 bits per heavy atom. The number of nitrogens with zero attached hydrogens (tertiary/aromatic N) is 2. The van der Waals surface area contributed by atoms with E-state index in [1.807, 2.05) is 0 Å². The topological polar surface area (TPSA) is 105 Å². The van der Waals surface area contributed by atoms with Crippen molar-refractivity contribution in [3.05, 3.63) is 64.4 Å². The minimum Gasteiger partial charge on any atom is -0.496 e. The molecule has 1 aromatic heterocycles. The van der Waals surface area contributed by atoms with E-state index in [1.165, 1.54) is 31.5 Å². The first-order valence-electron chi connectivity index (χ1n) is 7.76. The van der Waals surface area contributed by atoms with Gasteiger partial charge in [0.15, 0.2) is 5.82 Å². The number of anilines is 2. The highest BCUT2D eigenvalue weighted by atomic mass is 35.5. The van der Waals surface area contributed by atoms with Crippen molar-refractivity contribution >= 4 is 41.0 Å². The molecule has 0 aliphatic rings. The van der Waals surface area contributed by atoms with E-state index in [9.17, 15) is 9.18 Å². The molecule has 0 bridgehead atoms. The maximum atomic E-state index is 13.5. The van der Waals surface area contributed by atoms with Gasteiger partial charge in [0.05, 0.1) is 7.11 Å². The van der Waals surface area contributed by atoms with Crippen LogP contribution in [0, 0.1) is 5.82 Å². The minimum atomic E-state index is -0.730. The van der Waals surface area contributed by atoms with Crippen molar-refractivity contribution in [3.8, 4) is 5.75 Å². The molecule has 2 aromatic carbocycles. The van der Waals surface area contributed by atoms with E-state index in [4.69, 9.17) is 22.1 Å². The molecule has 0 unspecified atom stereocenters.